The topological polar surface area (TPSA) is 84.1 Å². The number of rotatable bonds is 5. The van der Waals surface area contributed by atoms with Crippen LogP contribution in [0.15, 0.2) is 18.2 Å². The number of nitrogens with zero attached hydrogens (tertiary/aromatic N) is 1. The van der Waals surface area contributed by atoms with Crippen LogP contribution < -0.4 is 4.72 Å². The van der Waals surface area contributed by atoms with Crippen molar-refractivity contribution < 1.29 is 13.2 Å². The number of H-pyrrole nitrogens is 1. The minimum Gasteiger partial charge on any atom is -0.378 e. The molecule has 20 heavy (non-hydrogen) atoms. The number of methoxy groups -OCH3 is 1. The number of hydrogen-bond donors (Lipinski definition) is 2. The molecule has 1 aromatic heterocycles. The molecule has 110 valence electrons. The summed E-state index contributed by atoms with van der Waals surface area (Å²) in [6, 6.07) is 5.27. The van der Waals surface area contributed by atoms with E-state index in [1.165, 1.54) is 7.11 Å². The van der Waals surface area contributed by atoms with Gasteiger partial charge in [-0.05, 0) is 39.0 Å². The molecule has 2 rings (SSSR count). The third-order valence-corrected chi connectivity index (χ3v) is 4.73. The number of anilines is 1. The number of sulfonamides is 1. The van der Waals surface area contributed by atoms with E-state index in [1.54, 1.807) is 26.0 Å². The SMILES string of the molecule is COC(C)(C)CS(=O)(=O)Nc1ccc2c(C)[nH]nc2c1. The molecule has 0 unspecified atom stereocenters. The van der Waals surface area contributed by atoms with Gasteiger partial charge in [-0.25, -0.2) is 8.42 Å². The highest BCUT2D eigenvalue weighted by molar-refractivity contribution is 7.92. The van der Waals surface area contributed by atoms with Gasteiger partial charge in [-0.1, -0.05) is 0 Å². The second-order valence-corrected chi connectivity index (χ2v) is 7.13. The fourth-order valence-corrected chi connectivity index (χ4v) is 3.53. The standard InChI is InChI=1S/C13H19N3O3S/c1-9-11-6-5-10(7-12(11)15-14-9)16-20(17,18)8-13(2,3)19-4/h5-7,16H,8H2,1-4H3,(H,14,15). The minimum absolute atomic E-state index is 0.117. The van der Waals surface area contributed by atoms with E-state index in [2.05, 4.69) is 14.9 Å². The fourth-order valence-electron chi connectivity index (χ4n) is 1.94. The lowest BCUT2D eigenvalue weighted by atomic mass is 10.2. The van der Waals surface area contributed by atoms with E-state index < -0.39 is 15.6 Å². The molecule has 2 N–H and O–H groups in total. The summed E-state index contributed by atoms with van der Waals surface area (Å²) >= 11 is 0. The molecule has 0 atom stereocenters. The van der Waals surface area contributed by atoms with Crippen molar-refractivity contribution in [2.75, 3.05) is 17.6 Å². The molecule has 2 aromatic rings. The van der Waals surface area contributed by atoms with Crippen LogP contribution in [-0.4, -0.2) is 37.1 Å². The largest absolute Gasteiger partial charge is 0.378 e. The summed E-state index contributed by atoms with van der Waals surface area (Å²) in [4.78, 5) is 0. The molecule has 0 bridgehead atoms. The molecular weight excluding hydrogens is 278 g/mol. The van der Waals surface area contributed by atoms with Crippen LogP contribution in [0.1, 0.15) is 19.5 Å². The highest BCUT2D eigenvalue weighted by atomic mass is 32.2. The molecule has 6 nitrogen and oxygen atoms in total. The van der Waals surface area contributed by atoms with E-state index in [9.17, 15) is 8.42 Å². The van der Waals surface area contributed by atoms with Gasteiger partial charge in [0.1, 0.15) is 0 Å². The van der Waals surface area contributed by atoms with Crippen LogP contribution in [0.4, 0.5) is 5.69 Å². The Kier molecular flexibility index (Phi) is 3.75. The fraction of sp³-hybridized carbons (Fsp3) is 0.462. The summed E-state index contributed by atoms with van der Waals surface area (Å²) in [6.07, 6.45) is 0. The van der Waals surface area contributed by atoms with Gasteiger partial charge in [0, 0.05) is 18.2 Å². The van der Waals surface area contributed by atoms with Gasteiger partial charge in [0.2, 0.25) is 10.0 Å². The van der Waals surface area contributed by atoms with Crippen molar-refractivity contribution in [1.29, 1.82) is 0 Å². The molecule has 0 spiro atoms. The van der Waals surface area contributed by atoms with Crippen LogP contribution in [-0.2, 0) is 14.8 Å². The number of ether oxygens (including phenoxy) is 1. The Bertz CT molecular complexity index is 720. The summed E-state index contributed by atoms with van der Waals surface area (Å²) < 4.78 is 31.9. The molecule has 0 amide bonds. The zero-order valence-corrected chi connectivity index (χ0v) is 12.8. The predicted octanol–water partition coefficient (Wildman–Crippen LogP) is 2.04. The lowest BCUT2D eigenvalue weighted by Gasteiger charge is -2.22. The van der Waals surface area contributed by atoms with Crippen LogP contribution in [0.2, 0.25) is 0 Å². The van der Waals surface area contributed by atoms with E-state index in [0.29, 0.717) is 5.69 Å². The molecular formula is C13H19N3O3S. The first-order valence-corrected chi connectivity index (χ1v) is 7.88. The maximum Gasteiger partial charge on any atom is 0.235 e. The molecule has 0 fully saturated rings. The van der Waals surface area contributed by atoms with Gasteiger partial charge in [0.05, 0.1) is 22.6 Å². The number of aryl methyl sites for hydroxylation is 1. The number of hydrogen-bond acceptors (Lipinski definition) is 4. The summed E-state index contributed by atoms with van der Waals surface area (Å²) in [5.74, 6) is -0.117. The number of aromatic nitrogens is 2. The second kappa shape index (κ2) is 5.06. The Morgan fingerprint density at radius 2 is 2.10 bits per heavy atom. The average molecular weight is 297 g/mol. The molecule has 0 saturated heterocycles. The molecule has 1 aromatic carbocycles. The highest BCUT2D eigenvalue weighted by Gasteiger charge is 2.25. The Hall–Kier alpha value is -1.60. The Morgan fingerprint density at radius 3 is 2.75 bits per heavy atom. The third kappa shape index (κ3) is 3.29. The molecule has 1 heterocycles. The maximum absolute atomic E-state index is 12.1. The van der Waals surface area contributed by atoms with Crippen LogP contribution in [0, 0.1) is 6.92 Å². The first-order chi connectivity index (χ1) is 9.22. The highest BCUT2D eigenvalue weighted by Crippen LogP contribution is 2.21. The van der Waals surface area contributed by atoms with E-state index >= 15 is 0 Å². The van der Waals surface area contributed by atoms with Crippen molar-refractivity contribution in [2.24, 2.45) is 0 Å². The second-order valence-electron chi connectivity index (χ2n) is 5.41. The van der Waals surface area contributed by atoms with Gasteiger partial charge in [-0.2, -0.15) is 5.10 Å². The maximum atomic E-state index is 12.1. The summed E-state index contributed by atoms with van der Waals surface area (Å²) in [5, 5.41) is 7.96. The Labute approximate surface area is 118 Å². The van der Waals surface area contributed by atoms with Crippen LogP contribution in [0.5, 0.6) is 0 Å². The van der Waals surface area contributed by atoms with Crippen LogP contribution in [0.25, 0.3) is 10.9 Å². The average Bonchev–Trinajstić information content (AvgIpc) is 2.69. The number of fused-ring (bicyclic) bond motifs is 1. The molecule has 0 saturated carbocycles. The first kappa shape index (κ1) is 14.8. The van der Waals surface area contributed by atoms with Crippen molar-refractivity contribution >= 4 is 26.6 Å². The van der Waals surface area contributed by atoms with Gasteiger partial charge in [-0.15, -0.1) is 0 Å². The van der Waals surface area contributed by atoms with Gasteiger partial charge in [0.25, 0.3) is 0 Å². The van der Waals surface area contributed by atoms with Gasteiger partial charge >= 0.3 is 0 Å². The lowest BCUT2D eigenvalue weighted by Crippen LogP contribution is -2.35. The van der Waals surface area contributed by atoms with Crippen LogP contribution >= 0.6 is 0 Å². The van der Waals surface area contributed by atoms with Crippen molar-refractivity contribution in [2.45, 2.75) is 26.4 Å². The Morgan fingerprint density at radius 1 is 1.40 bits per heavy atom. The number of aromatic amines is 1. The van der Waals surface area contributed by atoms with E-state index in [-0.39, 0.29) is 5.75 Å². The normalized spacial score (nSPS) is 12.8. The van der Waals surface area contributed by atoms with Gasteiger partial charge in [-0.3, -0.25) is 9.82 Å². The molecule has 0 aliphatic heterocycles. The third-order valence-electron chi connectivity index (χ3n) is 3.11. The predicted molar refractivity (Wildman–Crippen MR) is 79.3 cm³/mol. The summed E-state index contributed by atoms with van der Waals surface area (Å²) in [5.41, 5.74) is 1.44. The number of nitrogens with one attached hydrogen (secondary N) is 2. The van der Waals surface area contributed by atoms with Crippen molar-refractivity contribution in [3.8, 4) is 0 Å². The monoisotopic (exact) mass is 297 g/mol. The van der Waals surface area contributed by atoms with Crippen molar-refractivity contribution in [3.63, 3.8) is 0 Å². The number of benzene rings is 1. The molecule has 0 aliphatic carbocycles. The molecule has 0 radical (unpaired) electrons. The summed E-state index contributed by atoms with van der Waals surface area (Å²) in [6.45, 7) is 5.37. The zero-order valence-electron chi connectivity index (χ0n) is 12.0. The van der Waals surface area contributed by atoms with Crippen molar-refractivity contribution in [1.82, 2.24) is 10.2 Å². The Balaban J connectivity index is 2.23. The van der Waals surface area contributed by atoms with E-state index in [1.807, 2.05) is 13.0 Å². The minimum atomic E-state index is -3.48. The quantitative estimate of drug-likeness (QED) is 0.884. The van der Waals surface area contributed by atoms with Gasteiger partial charge < -0.3 is 4.74 Å². The summed E-state index contributed by atoms with van der Waals surface area (Å²) in [7, 11) is -1.99. The van der Waals surface area contributed by atoms with Gasteiger partial charge in [0.15, 0.2) is 0 Å². The van der Waals surface area contributed by atoms with Crippen molar-refractivity contribution in [3.05, 3.63) is 23.9 Å². The van der Waals surface area contributed by atoms with E-state index in [0.717, 1.165) is 16.6 Å². The van der Waals surface area contributed by atoms with Crippen LogP contribution in [0.3, 0.4) is 0 Å². The molecule has 0 aliphatic rings. The zero-order chi connectivity index (χ0) is 15.0. The van der Waals surface area contributed by atoms with E-state index in [4.69, 9.17) is 4.74 Å². The first-order valence-electron chi connectivity index (χ1n) is 6.23. The smallest absolute Gasteiger partial charge is 0.235 e. The molecule has 7 heteroatoms. The lowest BCUT2D eigenvalue weighted by molar-refractivity contribution is 0.0426.